The minimum absolute atomic E-state index is 0.107. The molecule has 0 bridgehead atoms. The summed E-state index contributed by atoms with van der Waals surface area (Å²) in [5.74, 6) is 0.833. The molecule has 3 heterocycles. The van der Waals surface area contributed by atoms with Crippen molar-refractivity contribution in [2.24, 2.45) is 0 Å². The van der Waals surface area contributed by atoms with Crippen LogP contribution in [0.4, 0.5) is 4.39 Å². The molecule has 0 atom stereocenters. The number of nitrogens with one attached hydrogen (secondary N) is 1. The topological polar surface area (TPSA) is 69.7 Å². The van der Waals surface area contributed by atoms with Crippen LogP contribution in [0.15, 0.2) is 41.5 Å². The smallest absolute Gasteiger partial charge is 0.317 e. The van der Waals surface area contributed by atoms with Crippen LogP contribution in [0.1, 0.15) is 37.1 Å². The maximum Gasteiger partial charge on any atom is 0.346 e. The van der Waals surface area contributed by atoms with Gasteiger partial charge in [0.1, 0.15) is 17.3 Å². The van der Waals surface area contributed by atoms with E-state index in [-0.39, 0.29) is 11.5 Å². The van der Waals surface area contributed by atoms with Crippen LogP contribution in [0.3, 0.4) is 0 Å². The molecule has 1 fully saturated rings. The number of halogens is 1. The average molecular weight is 370 g/mol. The molecule has 1 N–H and O–H groups in total. The number of nitrogens with zero attached hydrogens (tertiary/aromatic N) is 5. The number of piperidine rings is 1. The first kappa shape index (κ1) is 17.7. The molecule has 3 aromatic rings. The van der Waals surface area contributed by atoms with Gasteiger partial charge in [-0.1, -0.05) is 12.1 Å². The Morgan fingerprint density at radius 2 is 2.04 bits per heavy atom. The fourth-order valence-corrected chi connectivity index (χ4v) is 3.62. The first-order valence-electron chi connectivity index (χ1n) is 9.34. The number of benzene rings is 1. The molecule has 27 heavy (non-hydrogen) atoms. The third-order valence-electron chi connectivity index (χ3n) is 5.04. The standard InChI is InChI=1S/C19H23FN6O/c1-2-24-18(15-7-9-21-10-8-15)23-26(19(24)27)13-14-11-22-25(12-14)17-6-4-3-5-16(17)20/h3-6,11-12,15,21H,2,7-10,13H2,1H3. The van der Waals surface area contributed by atoms with Crippen LogP contribution < -0.4 is 11.0 Å². The summed E-state index contributed by atoms with van der Waals surface area (Å²) in [6.45, 7) is 4.79. The summed E-state index contributed by atoms with van der Waals surface area (Å²) in [6, 6.07) is 6.47. The van der Waals surface area contributed by atoms with Crippen LogP contribution in [-0.2, 0) is 13.1 Å². The molecular formula is C19H23FN6O. The van der Waals surface area contributed by atoms with Gasteiger partial charge in [-0.25, -0.2) is 18.5 Å². The van der Waals surface area contributed by atoms with Gasteiger partial charge in [0, 0.05) is 24.2 Å². The second-order valence-electron chi connectivity index (χ2n) is 6.81. The molecule has 0 saturated carbocycles. The number of rotatable bonds is 5. The van der Waals surface area contributed by atoms with Gasteiger partial charge in [0.2, 0.25) is 0 Å². The summed E-state index contributed by atoms with van der Waals surface area (Å²) in [5, 5.41) is 12.2. The molecule has 1 saturated heterocycles. The highest BCUT2D eigenvalue weighted by atomic mass is 19.1. The second kappa shape index (κ2) is 7.48. The molecule has 4 rings (SSSR count). The lowest BCUT2D eigenvalue weighted by molar-refractivity contribution is 0.429. The van der Waals surface area contributed by atoms with Crippen molar-refractivity contribution in [2.75, 3.05) is 13.1 Å². The van der Waals surface area contributed by atoms with Gasteiger partial charge in [0.15, 0.2) is 0 Å². The second-order valence-corrected chi connectivity index (χ2v) is 6.81. The van der Waals surface area contributed by atoms with Gasteiger partial charge in [0.05, 0.1) is 12.7 Å². The molecule has 0 unspecified atom stereocenters. The van der Waals surface area contributed by atoms with Gasteiger partial charge in [-0.2, -0.15) is 10.2 Å². The lowest BCUT2D eigenvalue weighted by atomic mass is 9.97. The Hall–Kier alpha value is -2.74. The van der Waals surface area contributed by atoms with Crippen molar-refractivity contribution in [3.8, 4) is 5.69 Å². The largest absolute Gasteiger partial charge is 0.346 e. The van der Waals surface area contributed by atoms with Crippen molar-refractivity contribution >= 4 is 0 Å². The molecule has 1 aliphatic heterocycles. The third-order valence-corrected chi connectivity index (χ3v) is 5.04. The van der Waals surface area contributed by atoms with Gasteiger partial charge < -0.3 is 5.32 Å². The Labute approximate surface area is 156 Å². The molecule has 0 aliphatic carbocycles. The zero-order chi connectivity index (χ0) is 18.8. The van der Waals surface area contributed by atoms with E-state index in [1.54, 1.807) is 35.2 Å². The fraction of sp³-hybridized carbons (Fsp3) is 0.421. The molecule has 142 valence electrons. The summed E-state index contributed by atoms with van der Waals surface area (Å²) in [6.07, 6.45) is 5.36. The van der Waals surface area contributed by atoms with Crippen LogP contribution >= 0.6 is 0 Å². The van der Waals surface area contributed by atoms with Gasteiger partial charge in [-0.3, -0.25) is 4.57 Å². The number of hydrogen-bond donors (Lipinski definition) is 1. The number of para-hydroxylation sites is 1. The summed E-state index contributed by atoms with van der Waals surface area (Å²) < 4.78 is 18.7. The number of aromatic nitrogens is 5. The van der Waals surface area contributed by atoms with E-state index in [0.29, 0.717) is 24.7 Å². The van der Waals surface area contributed by atoms with Gasteiger partial charge in [0.25, 0.3) is 0 Å². The highest BCUT2D eigenvalue weighted by molar-refractivity contribution is 5.32. The van der Waals surface area contributed by atoms with Crippen LogP contribution in [0.25, 0.3) is 5.69 Å². The zero-order valence-corrected chi connectivity index (χ0v) is 15.3. The maximum atomic E-state index is 13.9. The van der Waals surface area contributed by atoms with Gasteiger partial charge >= 0.3 is 5.69 Å². The van der Waals surface area contributed by atoms with Gasteiger partial charge in [-0.05, 0) is 45.0 Å². The Morgan fingerprint density at radius 1 is 1.26 bits per heavy atom. The van der Waals surface area contributed by atoms with E-state index in [9.17, 15) is 9.18 Å². The lowest BCUT2D eigenvalue weighted by Crippen LogP contribution is -2.29. The van der Waals surface area contributed by atoms with Gasteiger partial charge in [-0.15, -0.1) is 0 Å². The predicted octanol–water partition coefficient (Wildman–Crippen LogP) is 1.90. The molecule has 2 aromatic heterocycles. The van der Waals surface area contributed by atoms with Crippen LogP contribution in [0.5, 0.6) is 0 Å². The van der Waals surface area contributed by atoms with Crippen molar-refractivity contribution in [1.82, 2.24) is 29.4 Å². The van der Waals surface area contributed by atoms with E-state index < -0.39 is 0 Å². The van der Waals surface area contributed by atoms with E-state index in [0.717, 1.165) is 37.3 Å². The van der Waals surface area contributed by atoms with Crippen molar-refractivity contribution < 1.29 is 4.39 Å². The van der Waals surface area contributed by atoms with Crippen molar-refractivity contribution in [3.63, 3.8) is 0 Å². The molecule has 8 heteroatoms. The summed E-state index contributed by atoms with van der Waals surface area (Å²) >= 11 is 0. The maximum absolute atomic E-state index is 13.9. The van der Waals surface area contributed by atoms with E-state index >= 15 is 0 Å². The minimum Gasteiger partial charge on any atom is -0.317 e. The summed E-state index contributed by atoms with van der Waals surface area (Å²) in [7, 11) is 0. The molecule has 1 aromatic carbocycles. The Balaban J connectivity index is 1.61. The average Bonchev–Trinajstić information content (AvgIpc) is 3.28. The molecular weight excluding hydrogens is 347 g/mol. The van der Waals surface area contributed by atoms with E-state index in [1.165, 1.54) is 15.4 Å². The SMILES string of the molecule is CCn1c(C2CCNCC2)nn(Cc2cnn(-c3ccccc3F)c2)c1=O. The lowest BCUT2D eigenvalue weighted by Gasteiger charge is -2.21. The zero-order valence-electron chi connectivity index (χ0n) is 15.3. The Kier molecular flexibility index (Phi) is 4.89. The van der Waals surface area contributed by atoms with E-state index in [1.807, 2.05) is 6.92 Å². The van der Waals surface area contributed by atoms with Crippen molar-refractivity contribution in [3.05, 3.63) is 64.3 Å². The molecule has 7 nitrogen and oxygen atoms in total. The molecule has 0 spiro atoms. The molecule has 0 radical (unpaired) electrons. The number of hydrogen-bond acceptors (Lipinski definition) is 4. The van der Waals surface area contributed by atoms with Crippen LogP contribution in [0, 0.1) is 5.82 Å². The van der Waals surface area contributed by atoms with Crippen LogP contribution in [-0.4, -0.2) is 37.2 Å². The van der Waals surface area contributed by atoms with Crippen molar-refractivity contribution in [2.45, 2.75) is 38.8 Å². The quantitative estimate of drug-likeness (QED) is 0.745. The summed E-state index contributed by atoms with van der Waals surface area (Å²) in [4.78, 5) is 12.8. The van der Waals surface area contributed by atoms with Crippen molar-refractivity contribution in [1.29, 1.82) is 0 Å². The molecule has 0 amide bonds. The highest BCUT2D eigenvalue weighted by Crippen LogP contribution is 2.22. The minimum atomic E-state index is -0.340. The predicted molar refractivity (Wildman–Crippen MR) is 99.6 cm³/mol. The highest BCUT2D eigenvalue weighted by Gasteiger charge is 2.23. The van der Waals surface area contributed by atoms with E-state index in [4.69, 9.17) is 0 Å². The fourth-order valence-electron chi connectivity index (χ4n) is 3.62. The third kappa shape index (κ3) is 3.44. The first-order valence-corrected chi connectivity index (χ1v) is 9.34. The first-order chi connectivity index (χ1) is 13.2. The summed E-state index contributed by atoms with van der Waals surface area (Å²) in [5.41, 5.74) is 1.08. The normalized spacial score (nSPS) is 15.3. The van der Waals surface area contributed by atoms with E-state index in [2.05, 4.69) is 15.5 Å². The van der Waals surface area contributed by atoms with Crippen LogP contribution in [0.2, 0.25) is 0 Å². The molecule has 1 aliphatic rings. The Bertz CT molecular complexity index is 982. The monoisotopic (exact) mass is 370 g/mol. The Morgan fingerprint density at radius 3 is 2.78 bits per heavy atom.